The van der Waals surface area contributed by atoms with E-state index in [0.29, 0.717) is 28.6 Å². The highest BCUT2D eigenvalue weighted by Gasteiger charge is 2.33. The van der Waals surface area contributed by atoms with Crippen LogP contribution in [0, 0.1) is 24.7 Å². The van der Waals surface area contributed by atoms with Crippen LogP contribution in [0.15, 0.2) is 9.95 Å². The zero-order valence-corrected chi connectivity index (χ0v) is 15.0. The summed E-state index contributed by atoms with van der Waals surface area (Å²) in [5.41, 5.74) is 0.0322. The van der Waals surface area contributed by atoms with Crippen molar-refractivity contribution in [1.82, 2.24) is 15.2 Å². The maximum absolute atomic E-state index is 12.1. The lowest BCUT2D eigenvalue weighted by atomic mass is 9.75. The molecule has 1 heterocycles. The number of hydrogen-bond donors (Lipinski definition) is 1. The predicted octanol–water partition coefficient (Wildman–Crippen LogP) is 2.57. The van der Waals surface area contributed by atoms with E-state index in [1.807, 2.05) is 0 Å². The second-order valence-corrected chi connectivity index (χ2v) is 7.65. The van der Waals surface area contributed by atoms with Crippen molar-refractivity contribution < 1.29 is 9.53 Å². The number of aryl methyl sites for hydroxylation is 1. The molecule has 1 aromatic heterocycles. The molecule has 0 radical (unpaired) electrons. The fourth-order valence-electron chi connectivity index (χ4n) is 3.02. The van der Waals surface area contributed by atoms with E-state index in [4.69, 9.17) is 4.74 Å². The Morgan fingerprint density at radius 3 is 2.78 bits per heavy atom. The Balaban J connectivity index is 1.89. The first-order valence-corrected chi connectivity index (χ1v) is 9.11. The lowest BCUT2D eigenvalue weighted by Crippen LogP contribution is -2.36. The molecule has 0 aromatic carbocycles. The Kier molecular flexibility index (Phi) is 6.21. The number of carbonyl (C=O) groups excluding carboxylic acids is 1. The van der Waals surface area contributed by atoms with Gasteiger partial charge in [0.15, 0.2) is 5.16 Å². The topological polar surface area (TPSA) is 84.9 Å². The van der Waals surface area contributed by atoms with Crippen LogP contribution in [0.2, 0.25) is 0 Å². The average Bonchev–Trinajstić information content (AvgIpc) is 2.48. The molecule has 0 unspecified atom stereocenters. The minimum absolute atomic E-state index is 0.00463. The van der Waals surface area contributed by atoms with Crippen molar-refractivity contribution in [2.24, 2.45) is 17.8 Å². The molecule has 1 aromatic rings. The molecule has 2 rings (SSSR count). The third-order valence-corrected chi connectivity index (χ3v) is 5.25. The van der Waals surface area contributed by atoms with E-state index in [-0.39, 0.29) is 23.4 Å². The molecule has 1 aliphatic carbocycles. The molecular formula is C16H25N3O3S. The third-order valence-electron chi connectivity index (χ3n) is 4.41. The molecule has 3 atom stereocenters. The van der Waals surface area contributed by atoms with Crippen LogP contribution in [-0.4, -0.2) is 33.0 Å². The predicted molar refractivity (Wildman–Crippen MR) is 89.3 cm³/mol. The standard InChI is InChI=1S/C16H25N3O3S/c1-9(2)12-6-5-10(3)7-13(12)22-14(20)8-23-16-17-15(21)11(4)18-19-16/h9-10,12-13H,5-8H2,1-4H3,(H,17,19,21)/t10-,12+,13-/m0/s1. The SMILES string of the molecule is Cc1nnc(SCC(=O)O[C@H]2C[C@@H](C)CC[C@@H]2C(C)C)[nH]c1=O. The fourth-order valence-corrected chi connectivity index (χ4v) is 3.61. The summed E-state index contributed by atoms with van der Waals surface area (Å²) >= 11 is 1.15. The molecule has 0 saturated heterocycles. The maximum atomic E-state index is 12.1. The van der Waals surface area contributed by atoms with Gasteiger partial charge in [-0.2, -0.15) is 0 Å². The summed E-state index contributed by atoms with van der Waals surface area (Å²) in [4.78, 5) is 26.2. The molecule has 1 fully saturated rings. The highest BCUT2D eigenvalue weighted by atomic mass is 32.2. The monoisotopic (exact) mass is 339 g/mol. The van der Waals surface area contributed by atoms with Crippen LogP contribution < -0.4 is 5.56 Å². The number of hydrogen-bond acceptors (Lipinski definition) is 6. The molecule has 7 heteroatoms. The maximum Gasteiger partial charge on any atom is 0.316 e. The van der Waals surface area contributed by atoms with Gasteiger partial charge in [0, 0.05) is 0 Å². The summed E-state index contributed by atoms with van der Waals surface area (Å²) < 4.78 is 5.71. The minimum Gasteiger partial charge on any atom is -0.461 e. The van der Waals surface area contributed by atoms with Gasteiger partial charge in [0.2, 0.25) is 0 Å². The normalized spacial score (nSPS) is 24.7. The summed E-state index contributed by atoms with van der Waals surface area (Å²) in [5.74, 6) is 1.40. The molecule has 0 amide bonds. The number of aromatic nitrogens is 3. The van der Waals surface area contributed by atoms with E-state index < -0.39 is 0 Å². The van der Waals surface area contributed by atoms with Crippen molar-refractivity contribution in [3.8, 4) is 0 Å². The number of aromatic amines is 1. The van der Waals surface area contributed by atoms with Gasteiger partial charge in [0.05, 0.1) is 5.75 Å². The van der Waals surface area contributed by atoms with Gasteiger partial charge in [-0.25, -0.2) is 0 Å². The molecule has 0 bridgehead atoms. The van der Waals surface area contributed by atoms with Gasteiger partial charge >= 0.3 is 5.97 Å². The molecule has 23 heavy (non-hydrogen) atoms. The molecule has 6 nitrogen and oxygen atoms in total. The molecule has 1 N–H and O–H groups in total. The molecule has 1 aliphatic rings. The Labute approximate surface area is 140 Å². The number of rotatable bonds is 5. The van der Waals surface area contributed by atoms with Crippen LogP contribution in [0.4, 0.5) is 0 Å². The van der Waals surface area contributed by atoms with Crippen LogP contribution in [-0.2, 0) is 9.53 Å². The number of esters is 1. The van der Waals surface area contributed by atoms with Gasteiger partial charge in [-0.1, -0.05) is 39.0 Å². The summed E-state index contributed by atoms with van der Waals surface area (Å²) in [5, 5.41) is 7.96. The largest absolute Gasteiger partial charge is 0.461 e. The van der Waals surface area contributed by atoms with E-state index in [1.54, 1.807) is 6.92 Å². The van der Waals surface area contributed by atoms with Gasteiger partial charge < -0.3 is 4.74 Å². The van der Waals surface area contributed by atoms with Gasteiger partial charge in [0.1, 0.15) is 11.8 Å². The molecule has 128 valence electrons. The van der Waals surface area contributed by atoms with Gasteiger partial charge in [-0.3, -0.25) is 14.6 Å². The number of H-pyrrole nitrogens is 1. The van der Waals surface area contributed by atoms with Crippen LogP contribution in [0.3, 0.4) is 0 Å². The number of nitrogens with zero attached hydrogens (tertiary/aromatic N) is 2. The summed E-state index contributed by atoms with van der Waals surface area (Å²) in [6, 6.07) is 0. The van der Waals surface area contributed by atoms with E-state index in [2.05, 4.69) is 36.0 Å². The molecule has 1 saturated carbocycles. The van der Waals surface area contributed by atoms with E-state index in [1.165, 1.54) is 6.42 Å². The average molecular weight is 339 g/mol. The molecular weight excluding hydrogens is 314 g/mol. The number of carbonyl (C=O) groups is 1. The Morgan fingerprint density at radius 1 is 1.39 bits per heavy atom. The summed E-state index contributed by atoms with van der Waals surface area (Å²) in [7, 11) is 0. The highest BCUT2D eigenvalue weighted by Crippen LogP contribution is 2.35. The van der Waals surface area contributed by atoms with Crippen LogP contribution >= 0.6 is 11.8 Å². The van der Waals surface area contributed by atoms with Gasteiger partial charge in [-0.15, -0.1) is 10.2 Å². The first kappa shape index (κ1) is 18.0. The Bertz CT molecular complexity index is 602. The van der Waals surface area contributed by atoms with Crippen LogP contribution in [0.1, 0.15) is 45.7 Å². The zero-order chi connectivity index (χ0) is 17.0. The molecule has 0 aliphatic heterocycles. The fraction of sp³-hybridized carbons (Fsp3) is 0.750. The van der Waals surface area contributed by atoms with Crippen molar-refractivity contribution in [3.63, 3.8) is 0 Å². The molecule has 0 spiro atoms. The number of ether oxygens (including phenoxy) is 1. The number of nitrogens with one attached hydrogen (secondary N) is 1. The quantitative estimate of drug-likeness (QED) is 0.655. The Morgan fingerprint density at radius 2 is 2.13 bits per heavy atom. The second kappa shape index (κ2) is 7.95. The van der Waals surface area contributed by atoms with Crippen molar-refractivity contribution in [2.75, 3.05) is 5.75 Å². The van der Waals surface area contributed by atoms with E-state index in [0.717, 1.165) is 24.6 Å². The van der Waals surface area contributed by atoms with Crippen LogP contribution in [0.5, 0.6) is 0 Å². The lowest BCUT2D eigenvalue weighted by Gasteiger charge is -2.36. The number of thioether (sulfide) groups is 1. The minimum atomic E-state index is -0.281. The van der Waals surface area contributed by atoms with E-state index >= 15 is 0 Å². The van der Waals surface area contributed by atoms with Gasteiger partial charge in [0.25, 0.3) is 5.56 Å². The highest BCUT2D eigenvalue weighted by molar-refractivity contribution is 7.99. The van der Waals surface area contributed by atoms with Gasteiger partial charge in [-0.05, 0) is 37.5 Å². The van der Waals surface area contributed by atoms with E-state index in [9.17, 15) is 9.59 Å². The van der Waals surface area contributed by atoms with Crippen molar-refractivity contribution >= 4 is 17.7 Å². The summed E-state index contributed by atoms with van der Waals surface area (Å²) in [6.07, 6.45) is 3.24. The van der Waals surface area contributed by atoms with Crippen molar-refractivity contribution in [1.29, 1.82) is 0 Å². The first-order chi connectivity index (χ1) is 10.9. The smallest absolute Gasteiger partial charge is 0.316 e. The van der Waals surface area contributed by atoms with Crippen molar-refractivity contribution in [2.45, 2.75) is 58.2 Å². The van der Waals surface area contributed by atoms with Crippen molar-refractivity contribution in [3.05, 3.63) is 16.0 Å². The summed E-state index contributed by atoms with van der Waals surface area (Å²) in [6.45, 7) is 8.16. The lowest BCUT2D eigenvalue weighted by molar-refractivity contribution is -0.152. The first-order valence-electron chi connectivity index (χ1n) is 8.12. The zero-order valence-electron chi connectivity index (χ0n) is 14.2. The Hall–Kier alpha value is -1.37. The third kappa shape index (κ3) is 5.06. The van der Waals surface area contributed by atoms with Crippen LogP contribution in [0.25, 0.3) is 0 Å². The second-order valence-electron chi connectivity index (χ2n) is 6.69.